The molecule has 0 atom stereocenters. The Labute approximate surface area is 154 Å². The van der Waals surface area contributed by atoms with Crippen molar-refractivity contribution < 1.29 is 9.53 Å². The molecule has 0 radical (unpaired) electrons. The van der Waals surface area contributed by atoms with Crippen LogP contribution in [0.25, 0.3) is 0 Å². The van der Waals surface area contributed by atoms with E-state index in [4.69, 9.17) is 16.3 Å². The van der Waals surface area contributed by atoms with E-state index in [1.54, 1.807) is 0 Å². The lowest BCUT2D eigenvalue weighted by atomic mass is 10.1. The number of para-hydroxylation sites is 1. The van der Waals surface area contributed by atoms with Crippen molar-refractivity contribution in [3.8, 4) is 5.75 Å². The number of halogens is 1. The maximum atomic E-state index is 12.4. The van der Waals surface area contributed by atoms with E-state index in [0.29, 0.717) is 5.75 Å². The highest BCUT2D eigenvalue weighted by Crippen LogP contribution is 2.26. The third-order valence-corrected chi connectivity index (χ3v) is 5.12. The standard InChI is InChI=1S/C20H23ClN2O2/c1-15-12-18(13-16(2)20(15)21)25-14-19(24)23-10-8-22(9-11-23)17-6-4-3-5-7-17/h3-7,12-13H,8-11,14H2,1-2H3. The molecule has 0 N–H and O–H groups in total. The Balaban J connectivity index is 1.51. The third-order valence-electron chi connectivity index (χ3n) is 4.53. The van der Waals surface area contributed by atoms with Gasteiger partial charge in [-0.2, -0.15) is 0 Å². The first-order chi connectivity index (χ1) is 12.0. The summed E-state index contributed by atoms with van der Waals surface area (Å²) in [5, 5.41) is 0.746. The summed E-state index contributed by atoms with van der Waals surface area (Å²) < 4.78 is 5.69. The van der Waals surface area contributed by atoms with Crippen molar-refractivity contribution in [2.75, 3.05) is 37.7 Å². The second kappa shape index (κ2) is 7.79. The van der Waals surface area contributed by atoms with Crippen molar-refractivity contribution in [3.63, 3.8) is 0 Å². The monoisotopic (exact) mass is 358 g/mol. The van der Waals surface area contributed by atoms with Gasteiger partial charge >= 0.3 is 0 Å². The molecule has 3 rings (SSSR count). The molecule has 5 heteroatoms. The van der Waals surface area contributed by atoms with Crippen LogP contribution >= 0.6 is 11.6 Å². The van der Waals surface area contributed by atoms with Crippen LogP contribution in [0.5, 0.6) is 5.75 Å². The summed E-state index contributed by atoms with van der Waals surface area (Å²) in [4.78, 5) is 16.6. The molecule has 0 unspecified atom stereocenters. The molecule has 1 heterocycles. The lowest BCUT2D eigenvalue weighted by molar-refractivity contribution is -0.133. The molecule has 0 aromatic heterocycles. The lowest BCUT2D eigenvalue weighted by Gasteiger charge is -2.36. The van der Waals surface area contributed by atoms with Crippen LogP contribution in [-0.4, -0.2) is 43.6 Å². The highest BCUT2D eigenvalue weighted by atomic mass is 35.5. The fraction of sp³-hybridized carbons (Fsp3) is 0.350. The second-order valence-corrected chi connectivity index (χ2v) is 6.74. The molecule has 0 aliphatic carbocycles. The SMILES string of the molecule is Cc1cc(OCC(=O)N2CCN(c3ccccc3)CC2)cc(C)c1Cl. The van der Waals surface area contributed by atoms with Gasteiger partial charge in [0.05, 0.1) is 0 Å². The van der Waals surface area contributed by atoms with E-state index in [1.165, 1.54) is 5.69 Å². The summed E-state index contributed by atoms with van der Waals surface area (Å²) in [6.45, 7) is 7.06. The van der Waals surface area contributed by atoms with Crippen molar-refractivity contribution in [1.29, 1.82) is 0 Å². The van der Waals surface area contributed by atoms with Crippen LogP contribution in [0.4, 0.5) is 5.69 Å². The summed E-state index contributed by atoms with van der Waals surface area (Å²) in [6.07, 6.45) is 0. The summed E-state index contributed by atoms with van der Waals surface area (Å²) in [5.74, 6) is 0.716. The first-order valence-corrected chi connectivity index (χ1v) is 8.89. The fourth-order valence-electron chi connectivity index (χ4n) is 3.08. The van der Waals surface area contributed by atoms with Gasteiger partial charge in [0.1, 0.15) is 5.75 Å². The number of carbonyl (C=O) groups is 1. The molecule has 0 saturated carbocycles. The first kappa shape index (κ1) is 17.6. The predicted octanol–water partition coefficient (Wildman–Crippen LogP) is 3.68. The van der Waals surface area contributed by atoms with Gasteiger partial charge < -0.3 is 14.5 Å². The molecule has 1 fully saturated rings. The Morgan fingerprint density at radius 1 is 1.04 bits per heavy atom. The zero-order chi connectivity index (χ0) is 17.8. The number of anilines is 1. The Hall–Kier alpha value is -2.20. The minimum absolute atomic E-state index is 0.0259. The van der Waals surface area contributed by atoms with Gasteiger partial charge in [0.15, 0.2) is 6.61 Å². The summed E-state index contributed by atoms with van der Waals surface area (Å²) in [6, 6.07) is 14.0. The van der Waals surface area contributed by atoms with Gasteiger partial charge in [-0.1, -0.05) is 29.8 Å². The van der Waals surface area contributed by atoms with Gasteiger partial charge in [0.25, 0.3) is 5.91 Å². The van der Waals surface area contributed by atoms with Crippen molar-refractivity contribution in [2.45, 2.75) is 13.8 Å². The number of nitrogens with zero attached hydrogens (tertiary/aromatic N) is 2. The van der Waals surface area contributed by atoms with Crippen LogP contribution in [0.15, 0.2) is 42.5 Å². The predicted molar refractivity (Wildman–Crippen MR) is 102 cm³/mol. The maximum absolute atomic E-state index is 12.4. The average Bonchev–Trinajstić information content (AvgIpc) is 2.65. The zero-order valence-corrected chi connectivity index (χ0v) is 15.4. The number of benzene rings is 2. The molecule has 4 nitrogen and oxygen atoms in total. The number of piperazine rings is 1. The smallest absolute Gasteiger partial charge is 0.260 e. The number of ether oxygens (including phenoxy) is 1. The van der Waals surface area contributed by atoms with E-state index in [0.717, 1.165) is 42.3 Å². The summed E-state index contributed by atoms with van der Waals surface area (Å²) >= 11 is 6.16. The average molecular weight is 359 g/mol. The van der Waals surface area contributed by atoms with Gasteiger partial charge in [-0.15, -0.1) is 0 Å². The quantitative estimate of drug-likeness (QED) is 0.835. The van der Waals surface area contributed by atoms with Crippen LogP contribution in [0.1, 0.15) is 11.1 Å². The fourth-order valence-corrected chi connectivity index (χ4v) is 3.19. The van der Waals surface area contributed by atoms with Gasteiger partial charge in [-0.3, -0.25) is 4.79 Å². The molecular weight excluding hydrogens is 336 g/mol. The van der Waals surface area contributed by atoms with Gasteiger partial charge in [0.2, 0.25) is 0 Å². The van der Waals surface area contributed by atoms with Crippen LogP contribution in [0.3, 0.4) is 0 Å². The molecule has 2 aromatic rings. The van der Waals surface area contributed by atoms with E-state index >= 15 is 0 Å². The first-order valence-electron chi connectivity index (χ1n) is 8.52. The number of aryl methyl sites for hydroxylation is 2. The van der Waals surface area contributed by atoms with Gasteiger partial charge in [-0.05, 0) is 49.2 Å². The second-order valence-electron chi connectivity index (χ2n) is 6.36. The number of rotatable bonds is 4. The molecule has 0 spiro atoms. The molecule has 2 aromatic carbocycles. The van der Waals surface area contributed by atoms with Crippen molar-refractivity contribution in [3.05, 3.63) is 58.6 Å². The number of hydrogen-bond donors (Lipinski definition) is 0. The number of hydrogen-bond acceptors (Lipinski definition) is 3. The maximum Gasteiger partial charge on any atom is 0.260 e. The van der Waals surface area contributed by atoms with Crippen LogP contribution in [0, 0.1) is 13.8 Å². The Morgan fingerprint density at radius 3 is 2.24 bits per heavy atom. The minimum atomic E-state index is 0.0259. The highest BCUT2D eigenvalue weighted by molar-refractivity contribution is 6.32. The normalized spacial score (nSPS) is 14.5. The van der Waals surface area contributed by atoms with Crippen LogP contribution in [0.2, 0.25) is 5.02 Å². The molecule has 1 aliphatic rings. The molecule has 132 valence electrons. The number of carbonyl (C=O) groups excluding carboxylic acids is 1. The Bertz CT molecular complexity index is 718. The van der Waals surface area contributed by atoms with Crippen LogP contribution < -0.4 is 9.64 Å². The van der Waals surface area contributed by atoms with Gasteiger partial charge in [-0.25, -0.2) is 0 Å². The summed E-state index contributed by atoms with van der Waals surface area (Å²) in [7, 11) is 0. The molecule has 1 aliphatic heterocycles. The molecule has 1 saturated heterocycles. The third kappa shape index (κ3) is 4.26. The van der Waals surface area contributed by atoms with E-state index in [9.17, 15) is 4.79 Å². The zero-order valence-electron chi connectivity index (χ0n) is 14.7. The lowest BCUT2D eigenvalue weighted by Crippen LogP contribution is -2.50. The van der Waals surface area contributed by atoms with Crippen molar-refractivity contribution in [1.82, 2.24) is 4.90 Å². The Kier molecular flexibility index (Phi) is 5.49. The van der Waals surface area contributed by atoms with E-state index in [1.807, 2.05) is 49.1 Å². The van der Waals surface area contributed by atoms with E-state index in [2.05, 4.69) is 17.0 Å². The van der Waals surface area contributed by atoms with Crippen molar-refractivity contribution >= 4 is 23.2 Å². The highest BCUT2D eigenvalue weighted by Gasteiger charge is 2.21. The van der Waals surface area contributed by atoms with E-state index in [-0.39, 0.29) is 12.5 Å². The van der Waals surface area contributed by atoms with Crippen molar-refractivity contribution in [2.24, 2.45) is 0 Å². The molecular formula is C20H23ClN2O2. The van der Waals surface area contributed by atoms with Gasteiger partial charge in [0, 0.05) is 36.9 Å². The number of amides is 1. The summed E-state index contributed by atoms with van der Waals surface area (Å²) in [5.41, 5.74) is 3.12. The van der Waals surface area contributed by atoms with E-state index < -0.39 is 0 Å². The molecule has 25 heavy (non-hydrogen) atoms. The Morgan fingerprint density at radius 2 is 1.64 bits per heavy atom. The minimum Gasteiger partial charge on any atom is -0.484 e. The largest absolute Gasteiger partial charge is 0.484 e. The topological polar surface area (TPSA) is 32.8 Å². The van der Waals surface area contributed by atoms with Crippen LogP contribution in [-0.2, 0) is 4.79 Å². The molecule has 0 bridgehead atoms. The molecule has 1 amide bonds.